The molecule has 0 aromatic carbocycles. The predicted octanol–water partition coefficient (Wildman–Crippen LogP) is 1.72. The lowest BCUT2D eigenvalue weighted by atomic mass is 10.2. The Hall–Kier alpha value is -1.44. The molecular formula is C7H5F5N2O. The predicted molar refractivity (Wildman–Crippen MR) is 38.7 cm³/mol. The maximum atomic E-state index is 13.1. The summed E-state index contributed by atoms with van der Waals surface area (Å²) in [5.74, 6) is -3.96. The summed E-state index contributed by atoms with van der Waals surface area (Å²) in [5.41, 5.74) is 4.17. The molecule has 0 saturated heterocycles. The first-order valence-corrected chi connectivity index (χ1v) is 3.64. The molecule has 0 atom stereocenters. The smallest absolute Gasteiger partial charge is 0.401 e. The maximum Gasteiger partial charge on any atom is 0.573 e. The Morgan fingerprint density at radius 1 is 1.33 bits per heavy atom. The maximum absolute atomic E-state index is 13.1. The summed E-state index contributed by atoms with van der Waals surface area (Å²) in [7, 11) is 0. The van der Waals surface area contributed by atoms with Crippen molar-refractivity contribution >= 4 is 0 Å². The van der Waals surface area contributed by atoms with Crippen LogP contribution in [0.4, 0.5) is 22.0 Å². The monoisotopic (exact) mass is 228 g/mol. The second-order valence-corrected chi connectivity index (χ2v) is 2.46. The van der Waals surface area contributed by atoms with Crippen LogP contribution >= 0.6 is 0 Å². The molecule has 0 fully saturated rings. The third-order valence-electron chi connectivity index (χ3n) is 1.46. The van der Waals surface area contributed by atoms with Gasteiger partial charge in [-0.3, -0.25) is 0 Å². The van der Waals surface area contributed by atoms with Crippen LogP contribution in [-0.2, 0) is 6.54 Å². The third kappa shape index (κ3) is 2.75. The Morgan fingerprint density at radius 2 is 1.93 bits per heavy atom. The lowest BCUT2D eigenvalue weighted by Gasteiger charge is -2.10. The van der Waals surface area contributed by atoms with Gasteiger partial charge >= 0.3 is 6.36 Å². The van der Waals surface area contributed by atoms with Crippen molar-refractivity contribution in [2.75, 3.05) is 0 Å². The standard InChI is InChI=1S/C7H5F5N2O/c8-5-3(1-13)6(9)14-2-4(5)15-7(10,11)12/h2H,1,13H2. The van der Waals surface area contributed by atoms with Gasteiger partial charge in [0.15, 0.2) is 11.6 Å². The average molecular weight is 228 g/mol. The summed E-state index contributed by atoms with van der Waals surface area (Å²) in [5, 5.41) is 0. The lowest BCUT2D eigenvalue weighted by Crippen LogP contribution is -2.19. The summed E-state index contributed by atoms with van der Waals surface area (Å²) in [6.45, 7) is -0.611. The van der Waals surface area contributed by atoms with Gasteiger partial charge in [-0.05, 0) is 0 Å². The van der Waals surface area contributed by atoms with Crippen LogP contribution in [-0.4, -0.2) is 11.3 Å². The molecule has 1 aromatic rings. The number of nitrogens with zero attached hydrogens (tertiary/aromatic N) is 1. The summed E-state index contributed by atoms with van der Waals surface area (Å²) in [6.07, 6.45) is -4.76. The van der Waals surface area contributed by atoms with Gasteiger partial charge in [-0.25, -0.2) is 9.37 Å². The van der Waals surface area contributed by atoms with Crippen molar-refractivity contribution < 1.29 is 26.7 Å². The van der Waals surface area contributed by atoms with Crippen LogP contribution in [0.1, 0.15) is 5.56 Å². The van der Waals surface area contributed by atoms with E-state index in [0.717, 1.165) is 0 Å². The Kier molecular flexibility index (Phi) is 3.08. The molecule has 0 amide bonds. The van der Waals surface area contributed by atoms with Crippen LogP contribution in [0, 0.1) is 11.8 Å². The van der Waals surface area contributed by atoms with E-state index in [0.29, 0.717) is 6.20 Å². The molecule has 0 aliphatic heterocycles. The van der Waals surface area contributed by atoms with Crippen molar-refractivity contribution in [2.24, 2.45) is 5.73 Å². The first-order chi connectivity index (χ1) is 6.85. The van der Waals surface area contributed by atoms with Gasteiger partial charge in [0.05, 0.1) is 11.8 Å². The highest BCUT2D eigenvalue weighted by Gasteiger charge is 2.33. The highest BCUT2D eigenvalue weighted by atomic mass is 19.4. The van der Waals surface area contributed by atoms with Crippen LogP contribution in [0.2, 0.25) is 0 Å². The first kappa shape index (κ1) is 11.6. The molecule has 2 N–H and O–H groups in total. The lowest BCUT2D eigenvalue weighted by molar-refractivity contribution is -0.275. The number of ether oxygens (including phenoxy) is 1. The molecule has 8 heteroatoms. The van der Waals surface area contributed by atoms with Crippen molar-refractivity contribution in [3.63, 3.8) is 0 Å². The Balaban J connectivity index is 3.11. The Labute approximate surface area is 80.7 Å². The van der Waals surface area contributed by atoms with Crippen molar-refractivity contribution in [2.45, 2.75) is 12.9 Å². The van der Waals surface area contributed by atoms with Crippen LogP contribution < -0.4 is 10.5 Å². The molecule has 1 aromatic heterocycles. The number of hydrogen-bond donors (Lipinski definition) is 1. The average Bonchev–Trinajstić information content (AvgIpc) is 2.09. The largest absolute Gasteiger partial charge is 0.573 e. The second kappa shape index (κ2) is 3.97. The quantitative estimate of drug-likeness (QED) is 0.619. The van der Waals surface area contributed by atoms with E-state index in [1.807, 2.05) is 0 Å². The number of aromatic nitrogens is 1. The number of nitrogens with two attached hydrogens (primary N) is 1. The molecule has 0 spiro atoms. The van der Waals surface area contributed by atoms with Gasteiger partial charge in [0, 0.05) is 6.54 Å². The Bertz CT molecular complexity index is 365. The molecule has 0 aliphatic carbocycles. The van der Waals surface area contributed by atoms with Gasteiger partial charge in [0.1, 0.15) is 0 Å². The number of halogens is 5. The highest BCUT2D eigenvalue weighted by molar-refractivity contribution is 5.27. The fourth-order valence-corrected chi connectivity index (χ4v) is 0.859. The number of rotatable bonds is 2. The van der Waals surface area contributed by atoms with Crippen LogP contribution in [0.5, 0.6) is 5.75 Å². The van der Waals surface area contributed by atoms with Crippen molar-refractivity contribution in [3.8, 4) is 5.75 Å². The first-order valence-electron chi connectivity index (χ1n) is 3.64. The van der Waals surface area contributed by atoms with E-state index >= 15 is 0 Å². The molecular weight excluding hydrogens is 223 g/mol. The highest BCUT2D eigenvalue weighted by Crippen LogP contribution is 2.27. The van der Waals surface area contributed by atoms with Crippen LogP contribution in [0.25, 0.3) is 0 Å². The van der Waals surface area contributed by atoms with Gasteiger partial charge < -0.3 is 10.5 Å². The molecule has 0 radical (unpaired) electrons. The van der Waals surface area contributed by atoms with E-state index in [1.165, 1.54) is 0 Å². The number of hydrogen-bond acceptors (Lipinski definition) is 3. The van der Waals surface area contributed by atoms with Gasteiger partial charge in [0.25, 0.3) is 0 Å². The zero-order valence-electron chi connectivity index (χ0n) is 7.11. The summed E-state index contributed by atoms with van der Waals surface area (Å²) < 4.78 is 64.2. The SMILES string of the molecule is NCc1c(F)ncc(OC(F)(F)F)c1F. The number of alkyl halides is 3. The minimum Gasteiger partial charge on any atom is -0.401 e. The minimum absolute atomic E-state index is 0.303. The zero-order chi connectivity index (χ0) is 11.6. The summed E-state index contributed by atoms with van der Waals surface area (Å²) in [6, 6.07) is 0. The molecule has 0 saturated carbocycles. The fraction of sp³-hybridized carbons (Fsp3) is 0.286. The molecule has 0 bridgehead atoms. The van der Waals surface area contributed by atoms with E-state index in [4.69, 9.17) is 5.73 Å². The Morgan fingerprint density at radius 3 is 2.40 bits per heavy atom. The van der Waals surface area contributed by atoms with Crippen molar-refractivity contribution in [1.29, 1.82) is 0 Å². The minimum atomic E-state index is -5.06. The molecule has 84 valence electrons. The molecule has 0 aliphatic rings. The van der Waals surface area contributed by atoms with Crippen molar-refractivity contribution in [1.82, 2.24) is 4.98 Å². The zero-order valence-corrected chi connectivity index (χ0v) is 7.11. The molecule has 1 rings (SSSR count). The normalized spacial score (nSPS) is 11.6. The van der Waals surface area contributed by atoms with E-state index in [-0.39, 0.29) is 0 Å². The summed E-state index contributed by atoms with van der Waals surface area (Å²) in [4.78, 5) is 2.88. The van der Waals surface area contributed by atoms with Crippen LogP contribution in [0.3, 0.4) is 0 Å². The third-order valence-corrected chi connectivity index (χ3v) is 1.46. The molecule has 0 unspecified atom stereocenters. The van der Waals surface area contributed by atoms with E-state index in [1.54, 1.807) is 0 Å². The molecule has 3 nitrogen and oxygen atoms in total. The second-order valence-electron chi connectivity index (χ2n) is 2.46. The van der Waals surface area contributed by atoms with Crippen molar-refractivity contribution in [3.05, 3.63) is 23.5 Å². The number of pyridine rings is 1. The molecule has 1 heterocycles. The van der Waals surface area contributed by atoms with Gasteiger partial charge in [-0.15, -0.1) is 13.2 Å². The van der Waals surface area contributed by atoms with Crippen LogP contribution in [0.15, 0.2) is 6.20 Å². The van der Waals surface area contributed by atoms with E-state index < -0.39 is 36.0 Å². The van der Waals surface area contributed by atoms with E-state index in [9.17, 15) is 22.0 Å². The van der Waals surface area contributed by atoms with Gasteiger partial charge in [-0.1, -0.05) is 0 Å². The van der Waals surface area contributed by atoms with Gasteiger partial charge in [-0.2, -0.15) is 4.39 Å². The van der Waals surface area contributed by atoms with Gasteiger partial charge in [0.2, 0.25) is 5.95 Å². The fourth-order valence-electron chi connectivity index (χ4n) is 0.859. The topological polar surface area (TPSA) is 48.1 Å². The van der Waals surface area contributed by atoms with E-state index in [2.05, 4.69) is 9.72 Å². The molecule has 15 heavy (non-hydrogen) atoms. The summed E-state index contributed by atoms with van der Waals surface area (Å²) >= 11 is 0.